The molecule has 0 aliphatic carbocycles. The van der Waals surface area contributed by atoms with Crippen LogP contribution < -0.4 is 0 Å². The molecule has 0 rings (SSSR count). The van der Waals surface area contributed by atoms with Crippen molar-refractivity contribution in [3.63, 3.8) is 0 Å². The van der Waals surface area contributed by atoms with Crippen LogP contribution in [0.3, 0.4) is 0 Å². The van der Waals surface area contributed by atoms with Crippen molar-refractivity contribution in [2.75, 3.05) is 32.9 Å². The van der Waals surface area contributed by atoms with Crippen LogP contribution in [-0.2, 0) is 0 Å². The summed E-state index contributed by atoms with van der Waals surface area (Å²) in [6, 6.07) is -0.0453. The lowest BCUT2D eigenvalue weighted by Gasteiger charge is -2.44. The van der Waals surface area contributed by atoms with E-state index in [9.17, 15) is 5.11 Å². The monoisotopic (exact) mass is 261 g/mol. The predicted molar refractivity (Wildman–Crippen MR) is 74.5 cm³/mol. The van der Waals surface area contributed by atoms with Crippen molar-refractivity contribution in [1.82, 2.24) is 4.90 Å². The highest BCUT2D eigenvalue weighted by atomic mass is 16.3. The van der Waals surface area contributed by atoms with Crippen molar-refractivity contribution >= 4 is 0 Å². The minimum Gasteiger partial charge on any atom is -0.395 e. The number of hydrogen-bond donors (Lipinski definition) is 3. The average molecular weight is 261 g/mol. The first-order valence-electron chi connectivity index (χ1n) is 6.74. The molecule has 0 saturated carbocycles. The zero-order chi connectivity index (χ0) is 14.4. The largest absolute Gasteiger partial charge is 0.395 e. The Kier molecular flexibility index (Phi) is 7.37. The average Bonchev–Trinajstić information content (AvgIpc) is 2.14. The van der Waals surface area contributed by atoms with Crippen LogP contribution in [0, 0.1) is 10.8 Å². The van der Waals surface area contributed by atoms with Gasteiger partial charge in [0, 0.05) is 19.1 Å². The molecule has 0 saturated heterocycles. The van der Waals surface area contributed by atoms with Crippen molar-refractivity contribution in [3.05, 3.63) is 0 Å². The zero-order valence-corrected chi connectivity index (χ0v) is 12.6. The van der Waals surface area contributed by atoms with E-state index in [4.69, 9.17) is 10.2 Å². The van der Waals surface area contributed by atoms with Gasteiger partial charge in [0.25, 0.3) is 0 Å². The number of hydrogen-bond acceptors (Lipinski definition) is 4. The first-order chi connectivity index (χ1) is 8.18. The van der Waals surface area contributed by atoms with E-state index in [2.05, 4.69) is 34.6 Å². The van der Waals surface area contributed by atoms with Crippen LogP contribution in [0.15, 0.2) is 0 Å². The highest BCUT2D eigenvalue weighted by molar-refractivity contribution is 4.89. The molecule has 0 aliphatic heterocycles. The van der Waals surface area contributed by atoms with Crippen molar-refractivity contribution < 1.29 is 15.3 Å². The maximum absolute atomic E-state index is 9.68. The summed E-state index contributed by atoms with van der Waals surface area (Å²) in [5, 5.41) is 27.9. The standard InChI is InChI=1S/C14H31NO3/c1-13(2,3)11-14(4,5)12(10-18)15(6-8-16)7-9-17/h12,16-18H,6-11H2,1-5H3. The second-order valence-corrected chi connectivity index (χ2v) is 6.91. The maximum Gasteiger partial charge on any atom is 0.0592 e. The smallest absolute Gasteiger partial charge is 0.0592 e. The molecule has 0 radical (unpaired) electrons. The zero-order valence-electron chi connectivity index (χ0n) is 12.6. The van der Waals surface area contributed by atoms with Gasteiger partial charge in [-0.3, -0.25) is 4.90 Å². The van der Waals surface area contributed by atoms with Gasteiger partial charge in [0.1, 0.15) is 0 Å². The predicted octanol–water partition coefficient (Wildman–Crippen LogP) is 1.10. The van der Waals surface area contributed by atoms with Crippen LogP contribution in [-0.4, -0.2) is 59.2 Å². The first kappa shape index (κ1) is 17.8. The molecule has 1 atom stereocenters. The molecule has 110 valence electrons. The third kappa shape index (κ3) is 6.14. The number of rotatable bonds is 8. The molecule has 1 unspecified atom stereocenters. The molecule has 4 heteroatoms. The Labute approximate surface area is 112 Å². The third-order valence-corrected chi connectivity index (χ3v) is 3.28. The van der Waals surface area contributed by atoms with Crippen LogP contribution in [0.2, 0.25) is 0 Å². The second kappa shape index (κ2) is 7.43. The van der Waals surface area contributed by atoms with Crippen LogP contribution in [0.5, 0.6) is 0 Å². The van der Waals surface area contributed by atoms with Gasteiger partial charge in [-0.25, -0.2) is 0 Å². The molecule has 0 fully saturated rings. The summed E-state index contributed by atoms with van der Waals surface area (Å²) in [6.07, 6.45) is 0.971. The lowest BCUT2D eigenvalue weighted by atomic mass is 9.71. The SMILES string of the molecule is CC(C)(C)CC(C)(C)C(CO)N(CCO)CCO. The molecule has 0 aromatic heterocycles. The first-order valence-corrected chi connectivity index (χ1v) is 6.74. The molecule has 0 bridgehead atoms. The van der Waals surface area contributed by atoms with E-state index >= 15 is 0 Å². The molecule has 0 aromatic rings. The highest BCUT2D eigenvalue weighted by Gasteiger charge is 2.36. The van der Waals surface area contributed by atoms with Crippen LogP contribution in [0.4, 0.5) is 0 Å². The van der Waals surface area contributed by atoms with E-state index in [0.29, 0.717) is 13.1 Å². The van der Waals surface area contributed by atoms with Gasteiger partial charge in [-0.2, -0.15) is 0 Å². The summed E-state index contributed by atoms with van der Waals surface area (Å²) < 4.78 is 0. The molecule has 0 amide bonds. The summed E-state index contributed by atoms with van der Waals surface area (Å²) in [7, 11) is 0. The quantitative estimate of drug-likeness (QED) is 0.612. The third-order valence-electron chi connectivity index (χ3n) is 3.28. The summed E-state index contributed by atoms with van der Waals surface area (Å²) in [4.78, 5) is 1.98. The Morgan fingerprint density at radius 1 is 0.889 bits per heavy atom. The van der Waals surface area contributed by atoms with Gasteiger partial charge in [-0.05, 0) is 17.3 Å². The molecule has 3 N–H and O–H groups in total. The second-order valence-electron chi connectivity index (χ2n) is 6.91. The Balaban J connectivity index is 4.88. The summed E-state index contributed by atoms with van der Waals surface area (Å²) in [6.45, 7) is 11.9. The molecular weight excluding hydrogens is 230 g/mol. The van der Waals surface area contributed by atoms with E-state index in [-0.39, 0.29) is 36.7 Å². The summed E-state index contributed by atoms with van der Waals surface area (Å²) in [5.74, 6) is 0. The molecule has 0 spiro atoms. The van der Waals surface area contributed by atoms with Gasteiger partial charge >= 0.3 is 0 Å². The van der Waals surface area contributed by atoms with Crippen molar-refractivity contribution in [2.45, 2.75) is 47.1 Å². The fourth-order valence-corrected chi connectivity index (χ4v) is 3.02. The molecule has 0 heterocycles. The number of aliphatic hydroxyl groups is 3. The fourth-order valence-electron chi connectivity index (χ4n) is 3.02. The van der Waals surface area contributed by atoms with Gasteiger partial charge < -0.3 is 15.3 Å². The Hall–Kier alpha value is -0.160. The summed E-state index contributed by atoms with van der Waals surface area (Å²) in [5.41, 5.74) is 0.109. The number of aliphatic hydroxyl groups excluding tert-OH is 3. The van der Waals surface area contributed by atoms with E-state index in [1.54, 1.807) is 0 Å². The molecular formula is C14H31NO3. The summed E-state index contributed by atoms with van der Waals surface area (Å²) >= 11 is 0. The van der Waals surface area contributed by atoms with E-state index < -0.39 is 0 Å². The van der Waals surface area contributed by atoms with E-state index in [1.807, 2.05) is 4.90 Å². The van der Waals surface area contributed by atoms with Crippen LogP contribution >= 0.6 is 0 Å². The molecule has 4 nitrogen and oxygen atoms in total. The maximum atomic E-state index is 9.68. The van der Waals surface area contributed by atoms with Crippen LogP contribution in [0.25, 0.3) is 0 Å². The Bertz CT molecular complexity index is 218. The van der Waals surface area contributed by atoms with Gasteiger partial charge in [0.15, 0.2) is 0 Å². The van der Waals surface area contributed by atoms with Gasteiger partial charge in [-0.15, -0.1) is 0 Å². The minimum atomic E-state index is -0.0721. The van der Waals surface area contributed by atoms with Gasteiger partial charge in [-0.1, -0.05) is 34.6 Å². The Morgan fingerprint density at radius 2 is 1.33 bits per heavy atom. The molecule has 0 aromatic carbocycles. The minimum absolute atomic E-state index is 0.0437. The van der Waals surface area contributed by atoms with E-state index in [0.717, 1.165) is 6.42 Å². The number of nitrogens with zero attached hydrogens (tertiary/aromatic N) is 1. The van der Waals surface area contributed by atoms with Gasteiger partial charge in [0.2, 0.25) is 0 Å². The normalized spacial score (nSPS) is 15.2. The topological polar surface area (TPSA) is 63.9 Å². The van der Waals surface area contributed by atoms with Crippen molar-refractivity contribution in [2.24, 2.45) is 10.8 Å². The van der Waals surface area contributed by atoms with Crippen LogP contribution in [0.1, 0.15) is 41.0 Å². The van der Waals surface area contributed by atoms with Crippen molar-refractivity contribution in [3.8, 4) is 0 Å². The van der Waals surface area contributed by atoms with Gasteiger partial charge in [0.05, 0.1) is 19.8 Å². The highest BCUT2D eigenvalue weighted by Crippen LogP contribution is 2.37. The van der Waals surface area contributed by atoms with Crippen molar-refractivity contribution in [1.29, 1.82) is 0 Å². The molecule has 0 aliphatic rings. The molecule has 18 heavy (non-hydrogen) atoms. The lowest BCUT2D eigenvalue weighted by molar-refractivity contribution is 0.00112. The van der Waals surface area contributed by atoms with E-state index in [1.165, 1.54) is 0 Å². The fraction of sp³-hybridized carbons (Fsp3) is 1.00. The lowest BCUT2D eigenvalue weighted by Crippen LogP contribution is -2.50. The Morgan fingerprint density at radius 3 is 1.61 bits per heavy atom.